The Balaban J connectivity index is 1.27. The van der Waals surface area contributed by atoms with Gasteiger partial charge in [-0.1, -0.05) is 96.7 Å². The van der Waals surface area contributed by atoms with Crippen LogP contribution in [0, 0.1) is 0 Å². The van der Waals surface area contributed by atoms with Crippen molar-refractivity contribution in [1.82, 2.24) is 9.97 Å². The molecule has 42 heavy (non-hydrogen) atoms. The molecule has 10 rings (SSSR count). The second kappa shape index (κ2) is 8.09. The van der Waals surface area contributed by atoms with Crippen molar-refractivity contribution < 1.29 is 0 Å². The minimum absolute atomic E-state index is 0.179. The van der Waals surface area contributed by atoms with E-state index in [1.807, 2.05) is 23.1 Å². The van der Waals surface area contributed by atoms with Crippen molar-refractivity contribution in [1.29, 1.82) is 0 Å². The molecule has 0 spiro atoms. The third kappa shape index (κ3) is 2.87. The van der Waals surface area contributed by atoms with Gasteiger partial charge in [-0.15, -0.1) is 11.3 Å². The van der Waals surface area contributed by atoms with Crippen LogP contribution in [0.15, 0.2) is 125 Å². The van der Waals surface area contributed by atoms with Gasteiger partial charge in [-0.2, -0.15) is 0 Å². The molecule has 1 aliphatic carbocycles. The van der Waals surface area contributed by atoms with E-state index >= 15 is 0 Å². The SMILES string of the molecule is C[C@]12C=CC=CC1c1c(ccc3c1ccc1c4ccccc4sc31)N2c1nc2c3c(cccc3n1)Sc1ccccc1-2. The largest absolute Gasteiger partial charge is 0.300 e. The zero-order chi connectivity index (χ0) is 27.6. The van der Waals surface area contributed by atoms with E-state index in [9.17, 15) is 0 Å². The van der Waals surface area contributed by atoms with E-state index in [0.717, 1.165) is 22.5 Å². The van der Waals surface area contributed by atoms with Gasteiger partial charge in [-0.3, -0.25) is 4.90 Å². The number of benzene rings is 5. The van der Waals surface area contributed by atoms with Gasteiger partial charge in [-0.05, 0) is 53.6 Å². The van der Waals surface area contributed by atoms with Crippen molar-refractivity contribution in [2.45, 2.75) is 28.2 Å². The fourth-order valence-corrected chi connectivity index (χ4v) is 9.76. The molecule has 0 N–H and O–H groups in total. The molecule has 198 valence electrons. The first kappa shape index (κ1) is 23.1. The fourth-order valence-electron chi connectivity index (χ4n) is 7.42. The first-order chi connectivity index (χ1) is 20.7. The standard InChI is InChI=1S/C37H23N3S2/c1-37-20-7-6-11-26(37)32-22-16-17-23-21-9-2-4-13-29(21)42-35(23)24(22)18-19-28(32)40(37)36-38-27-12-8-15-31-33(27)34(39-36)25-10-3-5-14-30(25)41-31/h2-20,26H,1H3/t26?,37-/m0/s1. The van der Waals surface area contributed by atoms with Crippen LogP contribution in [0.1, 0.15) is 18.4 Å². The molecule has 0 amide bonds. The van der Waals surface area contributed by atoms with Gasteiger partial charge in [-0.25, -0.2) is 9.97 Å². The zero-order valence-electron chi connectivity index (χ0n) is 22.7. The molecule has 3 aliphatic rings. The minimum atomic E-state index is -0.332. The summed E-state index contributed by atoms with van der Waals surface area (Å²) in [6.45, 7) is 2.33. The summed E-state index contributed by atoms with van der Waals surface area (Å²) in [6.07, 6.45) is 9.07. The van der Waals surface area contributed by atoms with E-state index in [4.69, 9.17) is 9.97 Å². The molecule has 0 saturated carbocycles. The Kier molecular flexibility index (Phi) is 4.46. The van der Waals surface area contributed by atoms with Gasteiger partial charge < -0.3 is 0 Å². The number of fused-ring (bicyclic) bond motifs is 11. The molecular weight excluding hydrogens is 551 g/mol. The molecule has 0 saturated heterocycles. The van der Waals surface area contributed by atoms with E-state index < -0.39 is 0 Å². The molecule has 4 heterocycles. The summed E-state index contributed by atoms with van der Waals surface area (Å²) in [6, 6.07) is 33.1. The van der Waals surface area contributed by atoms with Crippen LogP contribution < -0.4 is 4.90 Å². The highest BCUT2D eigenvalue weighted by Crippen LogP contribution is 2.57. The normalized spacial score (nSPS) is 20.0. The average Bonchev–Trinajstić information content (AvgIpc) is 3.53. The first-order valence-electron chi connectivity index (χ1n) is 14.3. The number of allylic oxidation sites excluding steroid dienone is 2. The highest BCUT2D eigenvalue weighted by Gasteiger charge is 2.49. The quantitative estimate of drug-likeness (QED) is 0.195. The van der Waals surface area contributed by atoms with Crippen molar-refractivity contribution >= 4 is 76.6 Å². The smallest absolute Gasteiger partial charge is 0.231 e. The number of hydrogen-bond acceptors (Lipinski definition) is 5. The van der Waals surface area contributed by atoms with E-state index in [2.05, 4.69) is 127 Å². The maximum atomic E-state index is 5.39. The predicted octanol–water partition coefficient (Wildman–Crippen LogP) is 10.4. The van der Waals surface area contributed by atoms with Gasteiger partial charge in [0.05, 0.1) is 16.7 Å². The van der Waals surface area contributed by atoms with Gasteiger partial charge in [0.1, 0.15) is 0 Å². The summed E-state index contributed by atoms with van der Waals surface area (Å²) < 4.78 is 2.70. The van der Waals surface area contributed by atoms with Gasteiger partial charge in [0, 0.05) is 52.5 Å². The lowest BCUT2D eigenvalue weighted by molar-refractivity contribution is 0.536. The van der Waals surface area contributed by atoms with Crippen LogP contribution in [0.5, 0.6) is 0 Å². The Morgan fingerprint density at radius 1 is 0.738 bits per heavy atom. The lowest BCUT2D eigenvalue weighted by Gasteiger charge is -2.38. The number of aromatic nitrogens is 2. The summed E-state index contributed by atoms with van der Waals surface area (Å²) in [5.74, 6) is 0.933. The summed E-state index contributed by atoms with van der Waals surface area (Å²) in [7, 11) is 0. The third-order valence-electron chi connectivity index (χ3n) is 9.31. The molecule has 3 nitrogen and oxygen atoms in total. The average molecular weight is 574 g/mol. The van der Waals surface area contributed by atoms with Gasteiger partial charge in [0.25, 0.3) is 0 Å². The maximum Gasteiger partial charge on any atom is 0.231 e. The maximum absolute atomic E-state index is 5.39. The van der Waals surface area contributed by atoms with Crippen molar-refractivity contribution in [3.8, 4) is 11.3 Å². The zero-order valence-corrected chi connectivity index (χ0v) is 24.3. The van der Waals surface area contributed by atoms with E-state index in [-0.39, 0.29) is 11.5 Å². The van der Waals surface area contributed by atoms with E-state index in [1.54, 1.807) is 0 Å². The number of hydrogen-bond donors (Lipinski definition) is 0. The van der Waals surface area contributed by atoms with Gasteiger partial charge in [0.2, 0.25) is 5.95 Å². The second-order valence-electron chi connectivity index (χ2n) is 11.5. The third-order valence-corrected chi connectivity index (χ3v) is 11.7. The lowest BCUT2D eigenvalue weighted by atomic mass is 9.79. The highest BCUT2D eigenvalue weighted by molar-refractivity contribution is 7.99. The van der Waals surface area contributed by atoms with Crippen LogP contribution in [-0.2, 0) is 0 Å². The molecule has 0 bridgehead atoms. The van der Waals surface area contributed by atoms with Crippen LogP contribution in [0.25, 0.3) is 53.1 Å². The molecule has 2 aliphatic heterocycles. The number of thiophene rings is 1. The summed E-state index contributed by atoms with van der Waals surface area (Å²) in [5, 5.41) is 6.46. The summed E-state index contributed by atoms with van der Waals surface area (Å²) >= 11 is 3.71. The monoisotopic (exact) mass is 573 g/mol. The lowest BCUT2D eigenvalue weighted by Crippen LogP contribution is -2.42. The highest BCUT2D eigenvalue weighted by atomic mass is 32.2. The fraction of sp³-hybridized carbons (Fsp3) is 0.0811. The molecule has 5 aromatic carbocycles. The van der Waals surface area contributed by atoms with Crippen LogP contribution >= 0.6 is 23.1 Å². The molecule has 5 heteroatoms. The summed E-state index contributed by atoms with van der Waals surface area (Å²) in [5.41, 5.74) is 5.41. The number of nitrogens with zero attached hydrogens (tertiary/aromatic N) is 3. The Morgan fingerprint density at radius 2 is 1.55 bits per heavy atom. The Morgan fingerprint density at radius 3 is 2.52 bits per heavy atom. The van der Waals surface area contributed by atoms with Gasteiger partial charge in [0.15, 0.2) is 0 Å². The Labute approximate surface area is 250 Å². The molecule has 0 fully saturated rings. The van der Waals surface area contributed by atoms with Crippen molar-refractivity contribution in [3.63, 3.8) is 0 Å². The van der Waals surface area contributed by atoms with Crippen LogP contribution in [-0.4, -0.2) is 15.5 Å². The Hall–Kier alpha value is -4.45. The molecule has 0 radical (unpaired) electrons. The molecule has 7 aromatic rings. The number of anilines is 2. The number of rotatable bonds is 1. The van der Waals surface area contributed by atoms with Crippen molar-refractivity contribution in [3.05, 3.63) is 121 Å². The Bertz CT molecular complexity index is 2380. The van der Waals surface area contributed by atoms with Gasteiger partial charge >= 0.3 is 0 Å². The van der Waals surface area contributed by atoms with Crippen LogP contribution in [0.4, 0.5) is 11.6 Å². The van der Waals surface area contributed by atoms with Crippen LogP contribution in [0.3, 0.4) is 0 Å². The summed E-state index contributed by atoms with van der Waals surface area (Å²) in [4.78, 5) is 15.5. The predicted molar refractivity (Wildman–Crippen MR) is 177 cm³/mol. The molecular formula is C37H23N3S2. The van der Waals surface area contributed by atoms with E-state index in [1.165, 1.54) is 57.5 Å². The van der Waals surface area contributed by atoms with Crippen molar-refractivity contribution in [2.24, 2.45) is 0 Å². The van der Waals surface area contributed by atoms with Crippen molar-refractivity contribution in [2.75, 3.05) is 4.90 Å². The molecule has 1 unspecified atom stereocenters. The van der Waals surface area contributed by atoms with E-state index in [0.29, 0.717) is 0 Å². The van der Waals surface area contributed by atoms with Crippen LogP contribution in [0.2, 0.25) is 0 Å². The second-order valence-corrected chi connectivity index (χ2v) is 13.7. The first-order valence-corrected chi connectivity index (χ1v) is 15.9. The molecule has 2 atom stereocenters. The molecule has 2 aromatic heterocycles. The minimum Gasteiger partial charge on any atom is -0.300 e. The topological polar surface area (TPSA) is 29.0 Å².